The van der Waals surface area contributed by atoms with Gasteiger partial charge in [-0.1, -0.05) is 30.3 Å². The molecular weight excluding hydrogens is 378 g/mol. The normalized spacial score (nSPS) is 15.9. The lowest BCUT2D eigenvalue weighted by atomic mass is 9.83. The van der Waals surface area contributed by atoms with Crippen LogP contribution < -0.4 is 5.32 Å². The second kappa shape index (κ2) is 9.42. The van der Waals surface area contributed by atoms with E-state index in [1.165, 1.54) is 21.8 Å². The van der Waals surface area contributed by atoms with E-state index < -0.39 is 0 Å². The number of thiophene rings is 1. The molecule has 1 heterocycles. The first-order valence-corrected chi connectivity index (χ1v) is 11.5. The second-order valence-corrected chi connectivity index (χ2v) is 8.66. The van der Waals surface area contributed by atoms with Crippen LogP contribution in [0.1, 0.15) is 52.0 Å². The molecule has 1 aromatic carbocycles. The number of ether oxygens (including phenoxy) is 1. The molecule has 0 spiro atoms. The number of carbonyl (C=O) groups excluding carboxylic acids is 2. The smallest absolute Gasteiger partial charge is 0.341 e. The molecule has 1 N–H and O–H groups in total. The van der Waals surface area contributed by atoms with E-state index in [2.05, 4.69) is 29.6 Å². The molecule has 0 bridgehead atoms. The molecule has 6 heteroatoms. The monoisotopic (exact) mass is 403 g/mol. The summed E-state index contributed by atoms with van der Waals surface area (Å²) < 4.78 is 5.28. The lowest BCUT2D eigenvalue weighted by Crippen LogP contribution is -2.17. The van der Waals surface area contributed by atoms with Crippen LogP contribution in [0.15, 0.2) is 30.3 Å². The van der Waals surface area contributed by atoms with Gasteiger partial charge in [-0.2, -0.15) is 11.8 Å². The summed E-state index contributed by atoms with van der Waals surface area (Å²) in [5.41, 5.74) is 2.96. The first kappa shape index (κ1) is 20.0. The fraction of sp³-hybridized carbons (Fsp3) is 0.429. The lowest BCUT2D eigenvalue weighted by molar-refractivity contribution is -0.115. The Hall–Kier alpha value is -1.79. The van der Waals surface area contributed by atoms with Crippen LogP contribution in [0.4, 0.5) is 5.00 Å². The van der Waals surface area contributed by atoms with Gasteiger partial charge in [-0.3, -0.25) is 4.79 Å². The number of fused-ring (bicyclic) bond motifs is 1. The topological polar surface area (TPSA) is 55.4 Å². The van der Waals surface area contributed by atoms with Crippen molar-refractivity contribution in [3.05, 3.63) is 51.9 Å². The highest BCUT2D eigenvalue weighted by Crippen LogP contribution is 2.42. The van der Waals surface area contributed by atoms with Crippen LogP contribution in [0.2, 0.25) is 0 Å². The van der Waals surface area contributed by atoms with E-state index in [1.54, 1.807) is 18.7 Å². The van der Waals surface area contributed by atoms with Crippen molar-refractivity contribution in [2.45, 2.75) is 38.5 Å². The highest BCUT2D eigenvalue weighted by molar-refractivity contribution is 7.98. The number of thioether (sulfide) groups is 1. The number of hydrogen-bond donors (Lipinski definition) is 1. The van der Waals surface area contributed by atoms with Crippen molar-refractivity contribution < 1.29 is 14.3 Å². The molecule has 0 fully saturated rings. The predicted molar refractivity (Wildman–Crippen MR) is 113 cm³/mol. The Kier molecular flexibility index (Phi) is 6.96. The molecule has 0 saturated heterocycles. The molecule has 1 amide bonds. The summed E-state index contributed by atoms with van der Waals surface area (Å²) in [7, 11) is 0. The fourth-order valence-electron chi connectivity index (χ4n) is 3.49. The first-order chi connectivity index (χ1) is 13.1. The van der Waals surface area contributed by atoms with Gasteiger partial charge in [0.2, 0.25) is 5.91 Å². The van der Waals surface area contributed by atoms with Gasteiger partial charge < -0.3 is 10.1 Å². The molecule has 0 unspecified atom stereocenters. The van der Waals surface area contributed by atoms with E-state index in [1.807, 2.05) is 12.3 Å². The van der Waals surface area contributed by atoms with Crippen LogP contribution in [0.3, 0.4) is 0 Å². The molecule has 0 aliphatic heterocycles. The highest BCUT2D eigenvalue weighted by Gasteiger charge is 2.30. The number of benzene rings is 1. The summed E-state index contributed by atoms with van der Waals surface area (Å²) in [6.45, 7) is 2.13. The number of nitrogens with one attached hydrogen (secondary N) is 1. The molecule has 0 radical (unpaired) electrons. The molecular formula is C21H25NO3S2. The van der Waals surface area contributed by atoms with Crippen molar-refractivity contribution in [2.24, 2.45) is 0 Å². The average Bonchev–Trinajstić information content (AvgIpc) is 3.04. The molecule has 0 saturated carbocycles. The first-order valence-electron chi connectivity index (χ1n) is 9.29. The Morgan fingerprint density at radius 2 is 2.07 bits per heavy atom. The lowest BCUT2D eigenvalue weighted by Gasteiger charge is -2.23. The van der Waals surface area contributed by atoms with E-state index in [-0.39, 0.29) is 11.9 Å². The molecule has 1 aliphatic rings. The third kappa shape index (κ3) is 4.74. The third-order valence-corrected chi connectivity index (χ3v) is 6.58. The largest absolute Gasteiger partial charge is 0.462 e. The Bertz CT molecular complexity index is 801. The van der Waals surface area contributed by atoms with Crippen molar-refractivity contribution >= 4 is 40.0 Å². The van der Waals surface area contributed by atoms with Crippen LogP contribution in [0.25, 0.3) is 0 Å². The van der Waals surface area contributed by atoms with E-state index in [0.717, 1.165) is 30.6 Å². The summed E-state index contributed by atoms with van der Waals surface area (Å²) in [6.07, 6.45) is 5.15. The quantitative estimate of drug-likeness (QED) is 0.669. The van der Waals surface area contributed by atoms with Crippen LogP contribution in [0, 0.1) is 0 Å². The molecule has 4 nitrogen and oxygen atoms in total. The minimum Gasteiger partial charge on any atom is -0.462 e. The number of esters is 1. The molecule has 2 aromatic rings. The maximum Gasteiger partial charge on any atom is 0.341 e. The van der Waals surface area contributed by atoms with Gasteiger partial charge in [0.25, 0.3) is 0 Å². The van der Waals surface area contributed by atoms with E-state index >= 15 is 0 Å². The van der Waals surface area contributed by atoms with E-state index in [9.17, 15) is 9.59 Å². The predicted octanol–water partition coefficient (Wildman–Crippen LogP) is 4.89. The Morgan fingerprint density at radius 1 is 1.30 bits per heavy atom. The number of anilines is 1. The van der Waals surface area contributed by atoms with Crippen molar-refractivity contribution in [3.8, 4) is 0 Å². The SMILES string of the molecule is CCOC(=O)c1c(NC(=O)CCSC)sc2c1CC[C@H](c1ccccc1)C2. The van der Waals surface area contributed by atoms with Crippen molar-refractivity contribution in [2.75, 3.05) is 23.9 Å². The summed E-state index contributed by atoms with van der Waals surface area (Å²) in [6, 6.07) is 10.5. The summed E-state index contributed by atoms with van der Waals surface area (Å²) in [5.74, 6) is 0.843. The van der Waals surface area contributed by atoms with Crippen molar-refractivity contribution in [1.82, 2.24) is 0 Å². The minimum atomic E-state index is -0.326. The number of hydrogen-bond acceptors (Lipinski definition) is 5. The van der Waals surface area contributed by atoms with Gasteiger partial charge >= 0.3 is 5.97 Å². The van der Waals surface area contributed by atoms with Gasteiger partial charge in [0.15, 0.2) is 0 Å². The summed E-state index contributed by atoms with van der Waals surface area (Å²) in [5, 5.41) is 3.61. The van der Waals surface area contributed by atoms with Crippen LogP contribution in [-0.2, 0) is 22.4 Å². The van der Waals surface area contributed by atoms with Crippen LogP contribution >= 0.6 is 23.1 Å². The van der Waals surface area contributed by atoms with Crippen molar-refractivity contribution in [3.63, 3.8) is 0 Å². The minimum absolute atomic E-state index is 0.0481. The zero-order chi connectivity index (χ0) is 19.2. The van der Waals surface area contributed by atoms with E-state index in [0.29, 0.717) is 29.5 Å². The van der Waals surface area contributed by atoms with Crippen LogP contribution in [0.5, 0.6) is 0 Å². The van der Waals surface area contributed by atoms with Gasteiger partial charge in [-0.15, -0.1) is 11.3 Å². The molecule has 27 heavy (non-hydrogen) atoms. The zero-order valence-corrected chi connectivity index (χ0v) is 17.4. The average molecular weight is 404 g/mol. The number of carbonyl (C=O) groups is 2. The van der Waals surface area contributed by atoms with Gasteiger partial charge in [-0.05, 0) is 49.5 Å². The van der Waals surface area contributed by atoms with Gasteiger partial charge in [0.05, 0.1) is 12.2 Å². The standard InChI is InChI=1S/C21H25NO3S2/c1-3-25-21(24)19-16-10-9-15(14-7-5-4-6-8-14)13-17(16)27-20(19)22-18(23)11-12-26-2/h4-8,15H,3,9-13H2,1-2H3,(H,22,23)/t15-/m0/s1. The third-order valence-electron chi connectivity index (χ3n) is 4.80. The van der Waals surface area contributed by atoms with Gasteiger partial charge in [0.1, 0.15) is 5.00 Å². The molecule has 1 aliphatic carbocycles. The maximum absolute atomic E-state index is 12.6. The molecule has 1 atom stereocenters. The van der Waals surface area contributed by atoms with Gasteiger partial charge in [-0.25, -0.2) is 4.79 Å². The Morgan fingerprint density at radius 3 is 2.78 bits per heavy atom. The molecule has 144 valence electrons. The fourth-order valence-corrected chi connectivity index (χ4v) is 5.21. The molecule has 3 rings (SSSR count). The van der Waals surface area contributed by atoms with Crippen molar-refractivity contribution in [1.29, 1.82) is 0 Å². The van der Waals surface area contributed by atoms with E-state index in [4.69, 9.17) is 4.74 Å². The Balaban J connectivity index is 1.87. The summed E-state index contributed by atoms with van der Waals surface area (Å²) >= 11 is 3.17. The van der Waals surface area contributed by atoms with Crippen LogP contribution in [-0.4, -0.2) is 30.5 Å². The second-order valence-electron chi connectivity index (χ2n) is 6.57. The number of rotatable bonds is 7. The highest BCUT2D eigenvalue weighted by atomic mass is 32.2. The zero-order valence-electron chi connectivity index (χ0n) is 15.7. The Labute approximate surface area is 168 Å². The number of amides is 1. The summed E-state index contributed by atoms with van der Waals surface area (Å²) in [4.78, 5) is 26.0. The van der Waals surface area contributed by atoms with Gasteiger partial charge in [0, 0.05) is 17.1 Å². The molecule has 1 aromatic heterocycles. The maximum atomic E-state index is 12.6.